The minimum atomic E-state index is -3.52. The lowest BCUT2D eigenvalue weighted by Crippen LogP contribution is -2.24. The van der Waals surface area contributed by atoms with Crippen molar-refractivity contribution in [2.75, 3.05) is 13.2 Å². The summed E-state index contributed by atoms with van der Waals surface area (Å²) in [6, 6.07) is 6.23. The first-order valence-electron chi connectivity index (χ1n) is 6.90. The fourth-order valence-electron chi connectivity index (χ4n) is 1.75. The number of hydrogen-bond donors (Lipinski definition) is 2. The fraction of sp³-hybridized carbons (Fsp3) is 0.500. The molecule has 1 aromatic carbocycles. The van der Waals surface area contributed by atoms with E-state index in [1.165, 1.54) is 12.1 Å². The fourth-order valence-corrected chi connectivity index (χ4v) is 2.82. The Morgan fingerprint density at radius 1 is 1.19 bits per heavy atom. The number of rotatable bonds is 10. The van der Waals surface area contributed by atoms with Crippen molar-refractivity contribution in [2.45, 2.75) is 37.5 Å². The van der Waals surface area contributed by atoms with Crippen LogP contribution in [0.15, 0.2) is 29.2 Å². The first-order valence-corrected chi connectivity index (χ1v) is 8.38. The van der Waals surface area contributed by atoms with Gasteiger partial charge < -0.3 is 9.84 Å². The molecule has 0 fully saturated rings. The van der Waals surface area contributed by atoms with Gasteiger partial charge in [0.25, 0.3) is 0 Å². The predicted octanol–water partition coefficient (Wildman–Crippen LogP) is 2.01. The van der Waals surface area contributed by atoms with Gasteiger partial charge in [-0.25, -0.2) is 13.1 Å². The van der Waals surface area contributed by atoms with Crippen molar-refractivity contribution in [1.82, 2.24) is 4.72 Å². The molecule has 0 saturated carbocycles. The van der Waals surface area contributed by atoms with Gasteiger partial charge in [-0.3, -0.25) is 4.79 Å². The van der Waals surface area contributed by atoms with Gasteiger partial charge in [0.2, 0.25) is 10.0 Å². The van der Waals surface area contributed by atoms with Crippen LogP contribution in [-0.2, 0) is 14.8 Å². The largest absolute Gasteiger partial charge is 0.494 e. The quantitative estimate of drug-likeness (QED) is 0.644. The molecule has 1 aromatic rings. The average Bonchev–Trinajstić information content (AvgIpc) is 2.43. The van der Waals surface area contributed by atoms with Gasteiger partial charge in [0.1, 0.15) is 5.75 Å². The minimum absolute atomic E-state index is 0.117. The van der Waals surface area contributed by atoms with Gasteiger partial charge >= 0.3 is 5.97 Å². The maximum Gasteiger partial charge on any atom is 0.303 e. The van der Waals surface area contributed by atoms with E-state index in [4.69, 9.17) is 9.84 Å². The normalized spacial score (nSPS) is 11.3. The van der Waals surface area contributed by atoms with Crippen LogP contribution >= 0.6 is 0 Å². The van der Waals surface area contributed by atoms with Crippen molar-refractivity contribution >= 4 is 16.0 Å². The summed E-state index contributed by atoms with van der Waals surface area (Å²) in [4.78, 5) is 10.5. The van der Waals surface area contributed by atoms with Crippen molar-refractivity contribution in [3.05, 3.63) is 24.3 Å². The van der Waals surface area contributed by atoms with Crippen LogP contribution in [0.3, 0.4) is 0 Å². The topological polar surface area (TPSA) is 92.7 Å². The summed E-state index contributed by atoms with van der Waals surface area (Å²) in [7, 11) is -3.52. The maximum absolute atomic E-state index is 12.0. The van der Waals surface area contributed by atoms with Crippen LogP contribution in [-0.4, -0.2) is 32.6 Å². The highest BCUT2D eigenvalue weighted by molar-refractivity contribution is 7.89. The molecule has 0 unspecified atom stereocenters. The third-order valence-electron chi connectivity index (χ3n) is 2.80. The van der Waals surface area contributed by atoms with Crippen LogP contribution < -0.4 is 9.46 Å². The van der Waals surface area contributed by atoms with E-state index in [-0.39, 0.29) is 11.3 Å². The Morgan fingerprint density at radius 2 is 1.86 bits per heavy atom. The van der Waals surface area contributed by atoms with Crippen molar-refractivity contribution < 1.29 is 23.1 Å². The van der Waals surface area contributed by atoms with Gasteiger partial charge in [0, 0.05) is 13.0 Å². The highest BCUT2D eigenvalue weighted by Crippen LogP contribution is 2.15. The molecule has 7 heteroatoms. The number of nitrogens with one attached hydrogen (secondary N) is 1. The Kier molecular flexibility index (Phi) is 7.18. The van der Waals surface area contributed by atoms with Gasteiger partial charge in [-0.05, 0) is 44.0 Å². The van der Waals surface area contributed by atoms with E-state index in [1.54, 1.807) is 12.1 Å². The molecular formula is C14H21NO5S. The summed E-state index contributed by atoms with van der Waals surface area (Å²) < 4.78 is 31.7. The predicted molar refractivity (Wildman–Crippen MR) is 78.9 cm³/mol. The van der Waals surface area contributed by atoms with Gasteiger partial charge in [-0.1, -0.05) is 6.42 Å². The lowest BCUT2D eigenvalue weighted by Gasteiger charge is -2.08. The van der Waals surface area contributed by atoms with Crippen molar-refractivity contribution in [3.63, 3.8) is 0 Å². The summed E-state index contributed by atoms with van der Waals surface area (Å²) in [6.45, 7) is 2.69. The molecule has 0 aliphatic rings. The van der Waals surface area contributed by atoms with Crippen LogP contribution in [0.1, 0.15) is 32.6 Å². The van der Waals surface area contributed by atoms with Gasteiger partial charge in [-0.2, -0.15) is 0 Å². The second kappa shape index (κ2) is 8.63. The molecule has 0 atom stereocenters. The Balaban J connectivity index is 2.40. The molecule has 0 aromatic heterocycles. The Bertz CT molecular complexity index is 539. The van der Waals surface area contributed by atoms with E-state index in [0.717, 1.165) is 0 Å². The Labute approximate surface area is 125 Å². The molecule has 6 nitrogen and oxygen atoms in total. The smallest absolute Gasteiger partial charge is 0.303 e. The zero-order valence-electron chi connectivity index (χ0n) is 12.0. The van der Waals surface area contributed by atoms with Crippen molar-refractivity contribution in [3.8, 4) is 5.75 Å². The van der Waals surface area contributed by atoms with Crippen LogP contribution in [0.5, 0.6) is 5.75 Å². The van der Waals surface area contributed by atoms with E-state index in [1.807, 2.05) is 6.92 Å². The summed E-state index contributed by atoms with van der Waals surface area (Å²) >= 11 is 0. The number of carboxylic acids is 1. The summed E-state index contributed by atoms with van der Waals surface area (Å²) in [6.07, 6.45) is 1.97. The molecule has 0 saturated heterocycles. The number of ether oxygens (including phenoxy) is 1. The molecule has 118 valence electrons. The van der Waals surface area contributed by atoms with E-state index in [9.17, 15) is 13.2 Å². The van der Waals surface area contributed by atoms with E-state index in [0.29, 0.717) is 38.2 Å². The second-order valence-corrected chi connectivity index (χ2v) is 6.27. The zero-order valence-corrected chi connectivity index (χ0v) is 12.9. The highest BCUT2D eigenvalue weighted by Gasteiger charge is 2.13. The number of sulfonamides is 1. The molecule has 2 N–H and O–H groups in total. The molecule has 0 bridgehead atoms. The number of benzene rings is 1. The Morgan fingerprint density at radius 3 is 2.43 bits per heavy atom. The molecule has 0 heterocycles. The monoisotopic (exact) mass is 315 g/mol. The number of hydrogen-bond acceptors (Lipinski definition) is 4. The van der Waals surface area contributed by atoms with Crippen LogP contribution in [0.2, 0.25) is 0 Å². The van der Waals surface area contributed by atoms with E-state index in [2.05, 4.69) is 4.72 Å². The van der Waals surface area contributed by atoms with Crippen molar-refractivity contribution in [2.24, 2.45) is 0 Å². The number of unbranched alkanes of at least 4 members (excludes halogenated alkanes) is 2. The van der Waals surface area contributed by atoms with Gasteiger partial charge in [0.05, 0.1) is 11.5 Å². The SMILES string of the molecule is CCOc1ccc(S(=O)(=O)NCCCCCC(=O)O)cc1. The molecule has 0 radical (unpaired) electrons. The molecule has 0 aliphatic carbocycles. The Hall–Kier alpha value is -1.60. The summed E-state index contributed by atoms with van der Waals surface area (Å²) in [5.41, 5.74) is 0. The first kappa shape index (κ1) is 17.5. The molecule has 21 heavy (non-hydrogen) atoms. The average molecular weight is 315 g/mol. The van der Waals surface area contributed by atoms with Gasteiger partial charge in [0.15, 0.2) is 0 Å². The van der Waals surface area contributed by atoms with Crippen LogP contribution in [0.25, 0.3) is 0 Å². The summed E-state index contributed by atoms with van der Waals surface area (Å²) in [5, 5.41) is 8.49. The van der Waals surface area contributed by atoms with Crippen LogP contribution in [0.4, 0.5) is 0 Å². The first-order chi connectivity index (χ1) is 9.95. The van der Waals surface area contributed by atoms with E-state index < -0.39 is 16.0 Å². The summed E-state index contributed by atoms with van der Waals surface area (Å²) in [5.74, 6) is -0.199. The highest BCUT2D eigenvalue weighted by atomic mass is 32.2. The third kappa shape index (κ3) is 6.59. The maximum atomic E-state index is 12.0. The standard InChI is InChI=1S/C14H21NO5S/c1-2-20-12-7-9-13(10-8-12)21(18,19)15-11-5-3-4-6-14(16)17/h7-10,15H,2-6,11H2,1H3,(H,16,17). The zero-order chi connectivity index (χ0) is 15.7. The lowest BCUT2D eigenvalue weighted by molar-refractivity contribution is -0.137. The minimum Gasteiger partial charge on any atom is -0.494 e. The molecule has 1 rings (SSSR count). The van der Waals surface area contributed by atoms with E-state index >= 15 is 0 Å². The number of carbonyl (C=O) groups is 1. The lowest BCUT2D eigenvalue weighted by atomic mass is 10.2. The molecule has 0 amide bonds. The second-order valence-electron chi connectivity index (χ2n) is 4.51. The number of aliphatic carboxylic acids is 1. The van der Waals surface area contributed by atoms with Crippen molar-refractivity contribution in [1.29, 1.82) is 0 Å². The third-order valence-corrected chi connectivity index (χ3v) is 4.28. The molecule has 0 spiro atoms. The molecular weight excluding hydrogens is 294 g/mol. The number of carboxylic acid groups (broad SMARTS) is 1. The van der Waals surface area contributed by atoms with Gasteiger partial charge in [-0.15, -0.1) is 0 Å². The van der Waals surface area contributed by atoms with Crippen LogP contribution in [0, 0.1) is 0 Å². The molecule has 0 aliphatic heterocycles.